The van der Waals surface area contributed by atoms with Crippen molar-refractivity contribution in [1.82, 2.24) is 15.0 Å². The van der Waals surface area contributed by atoms with E-state index >= 15 is 0 Å². The summed E-state index contributed by atoms with van der Waals surface area (Å²) < 4.78 is 2.58. The lowest BCUT2D eigenvalue weighted by Crippen LogP contribution is -2.14. The smallest absolute Gasteiger partial charge is 0.160 e. The van der Waals surface area contributed by atoms with E-state index in [1.54, 1.807) is 0 Å². The third kappa shape index (κ3) is 5.60. The van der Waals surface area contributed by atoms with Crippen LogP contribution in [0.25, 0.3) is 98.6 Å². The summed E-state index contributed by atoms with van der Waals surface area (Å²) in [5.41, 5.74) is 16.7. The number of nitrogens with zero attached hydrogens (tertiary/aromatic N) is 3. The number of aromatic nitrogens is 3. The van der Waals surface area contributed by atoms with Crippen LogP contribution in [0.4, 0.5) is 0 Å². The van der Waals surface area contributed by atoms with Crippen LogP contribution in [0.3, 0.4) is 0 Å². The Morgan fingerprint density at radius 3 is 1.93 bits per heavy atom. The van der Waals surface area contributed by atoms with Crippen LogP contribution >= 0.6 is 11.3 Å². The number of pyridine rings is 1. The molecule has 0 N–H and O–H groups in total. The zero-order chi connectivity index (χ0) is 38.8. The number of hydrogen-bond acceptors (Lipinski definition) is 4. The van der Waals surface area contributed by atoms with E-state index in [9.17, 15) is 0 Å². The molecule has 0 radical (unpaired) electrons. The summed E-state index contributed by atoms with van der Waals surface area (Å²) in [5, 5.41) is 2.58. The van der Waals surface area contributed by atoms with Gasteiger partial charge in [0.15, 0.2) is 5.82 Å². The number of fused-ring (bicyclic) bond motifs is 6. The van der Waals surface area contributed by atoms with Gasteiger partial charge in [-0.05, 0) is 80.9 Å². The van der Waals surface area contributed by atoms with E-state index in [0.29, 0.717) is 5.82 Å². The first kappa shape index (κ1) is 34.3. The fourth-order valence-electron chi connectivity index (χ4n) is 8.97. The molecule has 3 heterocycles. The molecule has 0 fully saturated rings. The van der Waals surface area contributed by atoms with Gasteiger partial charge >= 0.3 is 0 Å². The van der Waals surface area contributed by atoms with Crippen LogP contribution < -0.4 is 0 Å². The average Bonchev–Trinajstić information content (AvgIpc) is 3.78. The van der Waals surface area contributed by atoms with Crippen LogP contribution in [0, 0.1) is 0 Å². The summed E-state index contributed by atoms with van der Waals surface area (Å²) in [6, 6.07) is 63.2. The quantitative estimate of drug-likeness (QED) is 0.169. The maximum Gasteiger partial charge on any atom is 0.160 e. The molecule has 10 aromatic rings. The number of hydrogen-bond donors (Lipinski definition) is 0. The minimum atomic E-state index is -0.154. The Kier molecular flexibility index (Phi) is 8.02. The molecule has 7 aromatic carbocycles. The molecular weight excluding hydrogens is 723 g/mol. The molecule has 3 aromatic heterocycles. The van der Waals surface area contributed by atoms with Gasteiger partial charge in [0.1, 0.15) is 0 Å². The highest BCUT2D eigenvalue weighted by Gasteiger charge is 2.38. The second kappa shape index (κ2) is 13.6. The highest BCUT2D eigenvalue weighted by atomic mass is 32.1. The minimum Gasteiger partial charge on any atom is -0.264 e. The lowest BCUT2D eigenvalue weighted by atomic mass is 9.81. The Hall–Kier alpha value is -7.01. The SMILES string of the molecule is CC1(C)c2ccccc2-c2c1ccc(-c1cc(-c3cc(-c4ccccc4)cc(-c4cccc5c4sc4ccccc45)c3)nc(-c3ccccc3)n1)c2-c1cccnc1. The zero-order valence-electron chi connectivity index (χ0n) is 32.1. The van der Waals surface area contributed by atoms with Crippen molar-refractivity contribution in [2.75, 3.05) is 0 Å². The molecule has 1 aliphatic carbocycles. The summed E-state index contributed by atoms with van der Waals surface area (Å²) in [7, 11) is 0. The first-order valence-electron chi connectivity index (χ1n) is 19.8. The van der Waals surface area contributed by atoms with Gasteiger partial charge in [-0.1, -0.05) is 153 Å². The number of rotatable bonds is 6. The average molecular weight is 760 g/mol. The molecule has 0 saturated carbocycles. The van der Waals surface area contributed by atoms with Crippen LogP contribution in [0.15, 0.2) is 188 Å². The van der Waals surface area contributed by atoms with E-state index in [0.717, 1.165) is 55.9 Å². The molecule has 3 nitrogen and oxygen atoms in total. The normalized spacial score (nSPS) is 12.8. The van der Waals surface area contributed by atoms with E-state index < -0.39 is 0 Å². The van der Waals surface area contributed by atoms with Crippen molar-refractivity contribution in [3.8, 4) is 78.4 Å². The fourth-order valence-corrected chi connectivity index (χ4v) is 10.2. The molecular formula is C54H37N3S. The van der Waals surface area contributed by atoms with Crippen molar-refractivity contribution < 1.29 is 0 Å². The van der Waals surface area contributed by atoms with E-state index in [-0.39, 0.29) is 5.41 Å². The lowest BCUT2D eigenvalue weighted by molar-refractivity contribution is 0.660. The topological polar surface area (TPSA) is 38.7 Å². The molecule has 0 atom stereocenters. The third-order valence-corrected chi connectivity index (χ3v) is 13.0. The van der Waals surface area contributed by atoms with Gasteiger partial charge < -0.3 is 0 Å². The Morgan fingerprint density at radius 2 is 1.10 bits per heavy atom. The molecule has 0 spiro atoms. The molecule has 0 aliphatic heterocycles. The number of thiophene rings is 1. The highest BCUT2D eigenvalue weighted by Crippen LogP contribution is 2.54. The monoisotopic (exact) mass is 759 g/mol. The Morgan fingerprint density at radius 1 is 0.431 bits per heavy atom. The summed E-state index contributed by atoms with van der Waals surface area (Å²) in [5.74, 6) is 0.685. The Labute approximate surface area is 342 Å². The summed E-state index contributed by atoms with van der Waals surface area (Å²) in [6.45, 7) is 4.66. The zero-order valence-corrected chi connectivity index (χ0v) is 33.0. The predicted molar refractivity (Wildman–Crippen MR) is 243 cm³/mol. The van der Waals surface area contributed by atoms with Gasteiger partial charge in [-0.15, -0.1) is 11.3 Å². The van der Waals surface area contributed by atoms with Crippen LogP contribution in [-0.4, -0.2) is 15.0 Å². The first-order chi connectivity index (χ1) is 28.5. The Bertz CT molecular complexity index is 3180. The van der Waals surface area contributed by atoms with Gasteiger partial charge in [-0.2, -0.15) is 0 Å². The van der Waals surface area contributed by atoms with E-state index in [4.69, 9.17) is 9.97 Å². The molecule has 4 heteroatoms. The second-order valence-electron chi connectivity index (χ2n) is 15.6. The van der Waals surface area contributed by atoms with Crippen molar-refractivity contribution in [2.45, 2.75) is 19.3 Å². The summed E-state index contributed by atoms with van der Waals surface area (Å²) in [6.07, 6.45) is 3.83. The first-order valence-corrected chi connectivity index (χ1v) is 20.6. The molecule has 274 valence electrons. The molecule has 0 unspecified atom stereocenters. The van der Waals surface area contributed by atoms with Crippen LogP contribution in [0.2, 0.25) is 0 Å². The van der Waals surface area contributed by atoms with Crippen molar-refractivity contribution in [3.63, 3.8) is 0 Å². The molecule has 0 bridgehead atoms. The largest absolute Gasteiger partial charge is 0.264 e. The standard InChI is InChI=1S/C54H37N3S/c1-54(2)45-24-11-9-21-43(45)51-46(54)27-26-44(50(51)36-19-14-28-55-33-36)48-32-47(56-53(57-48)35-17-7-4-8-18-35)39-30-37(34-15-5-3-6-16-34)29-38(31-39)40-22-13-23-42-41-20-10-12-25-49(41)58-52(40)42/h3-33H,1-2H3. The van der Waals surface area contributed by atoms with Gasteiger partial charge in [0.25, 0.3) is 0 Å². The van der Waals surface area contributed by atoms with E-state index in [1.807, 2.05) is 35.9 Å². The van der Waals surface area contributed by atoms with Gasteiger partial charge in [0.05, 0.1) is 11.4 Å². The maximum atomic E-state index is 5.40. The Balaban J connectivity index is 1.19. The van der Waals surface area contributed by atoms with Crippen molar-refractivity contribution in [2.24, 2.45) is 0 Å². The fraction of sp³-hybridized carbons (Fsp3) is 0.0556. The molecule has 0 amide bonds. The number of benzene rings is 7. The molecule has 1 aliphatic rings. The van der Waals surface area contributed by atoms with Crippen LogP contribution in [0.1, 0.15) is 25.0 Å². The maximum absolute atomic E-state index is 5.40. The van der Waals surface area contributed by atoms with Gasteiger partial charge in [0.2, 0.25) is 0 Å². The van der Waals surface area contributed by atoms with Crippen LogP contribution in [-0.2, 0) is 5.41 Å². The van der Waals surface area contributed by atoms with Gasteiger partial charge in [-0.25, -0.2) is 9.97 Å². The van der Waals surface area contributed by atoms with Crippen molar-refractivity contribution in [1.29, 1.82) is 0 Å². The van der Waals surface area contributed by atoms with Crippen LogP contribution in [0.5, 0.6) is 0 Å². The van der Waals surface area contributed by atoms with Crippen molar-refractivity contribution >= 4 is 31.5 Å². The highest BCUT2D eigenvalue weighted by molar-refractivity contribution is 7.26. The third-order valence-electron chi connectivity index (χ3n) is 11.8. The van der Waals surface area contributed by atoms with Gasteiger partial charge in [-0.3, -0.25) is 4.98 Å². The lowest BCUT2D eigenvalue weighted by Gasteiger charge is -2.23. The van der Waals surface area contributed by atoms with Crippen molar-refractivity contribution in [3.05, 3.63) is 199 Å². The van der Waals surface area contributed by atoms with Gasteiger partial charge in [0, 0.05) is 65.8 Å². The molecule has 11 rings (SSSR count). The predicted octanol–water partition coefficient (Wildman–Crippen LogP) is 14.5. The molecule has 58 heavy (non-hydrogen) atoms. The minimum absolute atomic E-state index is 0.154. The summed E-state index contributed by atoms with van der Waals surface area (Å²) >= 11 is 1.86. The summed E-state index contributed by atoms with van der Waals surface area (Å²) in [4.78, 5) is 15.4. The second-order valence-corrected chi connectivity index (χ2v) is 16.6. The molecule has 0 saturated heterocycles. The van der Waals surface area contributed by atoms with E-state index in [2.05, 4.69) is 183 Å². The van der Waals surface area contributed by atoms with E-state index in [1.165, 1.54) is 48.0 Å².